The number of nitrogens with zero attached hydrogens (tertiary/aromatic N) is 3. The summed E-state index contributed by atoms with van der Waals surface area (Å²) in [6, 6.07) is 8.02. The van der Waals surface area contributed by atoms with Gasteiger partial charge in [-0.1, -0.05) is 56.0 Å². The van der Waals surface area contributed by atoms with Crippen LogP contribution in [0.5, 0.6) is 0 Å². The summed E-state index contributed by atoms with van der Waals surface area (Å²) in [7, 11) is 1.96. The van der Waals surface area contributed by atoms with Crippen molar-refractivity contribution in [3.63, 3.8) is 0 Å². The summed E-state index contributed by atoms with van der Waals surface area (Å²) in [4.78, 5) is 52.4. The number of carboxylic acid groups (broad SMARTS) is 2. The first-order valence-corrected chi connectivity index (χ1v) is 13.0. The highest BCUT2D eigenvalue weighted by atomic mass is 32.2. The van der Waals surface area contributed by atoms with Crippen LogP contribution < -0.4 is 19.7 Å². The van der Waals surface area contributed by atoms with E-state index in [-0.39, 0.29) is 19.8 Å². The number of thiocarbonyl (C=S) groups is 1. The third kappa shape index (κ3) is 4.75. The topological polar surface area (TPSA) is 120 Å². The Hall–Kier alpha value is -3.22. The van der Waals surface area contributed by atoms with Crippen molar-refractivity contribution in [2.45, 2.75) is 26.8 Å². The SMILES string of the molecule is CC(C)C(/C=C1\Cc2ccccc2N1C)=c1/s/c(=C2\SC(=S)N(CC(=O)O)C2=O)n(CC(=O)O)c1=O. The Kier molecular flexibility index (Phi) is 7.21. The van der Waals surface area contributed by atoms with E-state index in [1.165, 1.54) is 5.56 Å². The zero-order valence-electron chi connectivity index (χ0n) is 19.7. The number of hydrogen-bond acceptors (Lipinski definition) is 8. The van der Waals surface area contributed by atoms with Crippen molar-refractivity contribution in [3.05, 3.63) is 61.2 Å². The molecule has 1 aromatic heterocycles. The molecule has 0 radical (unpaired) electrons. The number of aromatic nitrogens is 1. The molecule has 0 saturated carbocycles. The number of carbonyl (C=O) groups excluding carboxylic acids is 1. The highest BCUT2D eigenvalue weighted by Gasteiger charge is 2.35. The highest BCUT2D eigenvalue weighted by Crippen LogP contribution is 2.34. The first kappa shape index (κ1) is 25.9. The number of amides is 1. The van der Waals surface area contributed by atoms with Crippen LogP contribution in [-0.2, 0) is 27.3 Å². The zero-order chi connectivity index (χ0) is 26.3. The lowest BCUT2D eigenvalue weighted by Gasteiger charge is -2.16. The second-order valence-corrected chi connectivity index (χ2v) is 11.3. The number of rotatable bonds is 6. The summed E-state index contributed by atoms with van der Waals surface area (Å²) in [5.41, 5.74) is 3.45. The van der Waals surface area contributed by atoms with Crippen LogP contribution in [0.1, 0.15) is 19.4 Å². The molecule has 188 valence electrons. The Balaban J connectivity index is 1.96. The summed E-state index contributed by atoms with van der Waals surface area (Å²) < 4.78 is 1.59. The van der Waals surface area contributed by atoms with Crippen LogP contribution in [-0.4, -0.2) is 55.4 Å². The smallest absolute Gasteiger partial charge is 0.323 e. The van der Waals surface area contributed by atoms with Crippen LogP contribution in [0.4, 0.5) is 5.69 Å². The molecule has 2 aliphatic heterocycles. The molecule has 1 amide bonds. The van der Waals surface area contributed by atoms with Gasteiger partial charge in [0.25, 0.3) is 11.5 Å². The molecule has 0 spiro atoms. The number of anilines is 1. The molecular weight excluding hydrogens is 522 g/mol. The second-order valence-electron chi connectivity index (χ2n) is 8.61. The molecular formula is C24H23N3O6S3. The first-order chi connectivity index (χ1) is 17.0. The predicted molar refractivity (Wildman–Crippen MR) is 143 cm³/mol. The number of allylic oxidation sites excluding steroid dienone is 2. The average Bonchev–Trinajstić information content (AvgIpc) is 3.39. The third-order valence-corrected chi connectivity index (χ3v) is 8.67. The van der Waals surface area contributed by atoms with Crippen LogP contribution in [0.2, 0.25) is 0 Å². The van der Waals surface area contributed by atoms with Gasteiger partial charge in [0, 0.05) is 24.9 Å². The maximum Gasteiger partial charge on any atom is 0.323 e. The maximum absolute atomic E-state index is 13.5. The van der Waals surface area contributed by atoms with Crippen molar-refractivity contribution in [3.8, 4) is 0 Å². The Morgan fingerprint density at radius 2 is 1.81 bits per heavy atom. The lowest BCUT2D eigenvalue weighted by atomic mass is 10.0. The van der Waals surface area contributed by atoms with Crippen molar-refractivity contribution in [1.82, 2.24) is 9.47 Å². The van der Waals surface area contributed by atoms with E-state index in [0.29, 0.717) is 11.0 Å². The van der Waals surface area contributed by atoms with Gasteiger partial charge in [-0.05, 0) is 29.2 Å². The first-order valence-electron chi connectivity index (χ1n) is 11.0. The Labute approximate surface area is 219 Å². The van der Waals surface area contributed by atoms with Crippen molar-refractivity contribution in [1.29, 1.82) is 0 Å². The number of benzene rings is 1. The van der Waals surface area contributed by atoms with E-state index < -0.39 is 36.5 Å². The molecule has 0 bridgehead atoms. The van der Waals surface area contributed by atoms with E-state index in [9.17, 15) is 24.3 Å². The molecule has 1 saturated heterocycles. The van der Waals surface area contributed by atoms with Gasteiger partial charge in [-0.15, -0.1) is 11.3 Å². The fraction of sp³-hybridized carbons (Fsp3) is 0.292. The number of hydrogen-bond donors (Lipinski definition) is 2. The summed E-state index contributed by atoms with van der Waals surface area (Å²) in [6.07, 6.45) is 2.65. The molecule has 0 atom stereocenters. The predicted octanol–water partition coefficient (Wildman–Crippen LogP) is 1.43. The van der Waals surface area contributed by atoms with Gasteiger partial charge in [0.2, 0.25) is 0 Å². The van der Waals surface area contributed by atoms with Crippen molar-refractivity contribution in [2.75, 3.05) is 18.5 Å². The molecule has 0 unspecified atom stereocenters. The van der Waals surface area contributed by atoms with Gasteiger partial charge in [0.1, 0.15) is 27.0 Å². The average molecular weight is 546 g/mol. The van der Waals surface area contributed by atoms with Gasteiger partial charge in [-0.25, -0.2) is 0 Å². The number of carboxylic acids is 2. The minimum absolute atomic E-state index is 0.0437. The molecule has 2 aliphatic rings. The van der Waals surface area contributed by atoms with Crippen molar-refractivity contribution >= 4 is 73.6 Å². The normalized spacial score (nSPS) is 18.9. The van der Waals surface area contributed by atoms with E-state index in [1.54, 1.807) is 0 Å². The zero-order valence-corrected chi connectivity index (χ0v) is 22.1. The van der Waals surface area contributed by atoms with Gasteiger partial charge in [-0.2, -0.15) is 0 Å². The van der Waals surface area contributed by atoms with Gasteiger partial charge < -0.3 is 15.1 Å². The van der Waals surface area contributed by atoms with Crippen molar-refractivity contribution < 1.29 is 24.6 Å². The van der Waals surface area contributed by atoms with Crippen LogP contribution in [0.3, 0.4) is 0 Å². The Morgan fingerprint density at radius 1 is 1.14 bits per heavy atom. The minimum Gasteiger partial charge on any atom is -0.480 e. The monoisotopic (exact) mass is 545 g/mol. The summed E-state index contributed by atoms with van der Waals surface area (Å²) >= 11 is 7.09. The minimum atomic E-state index is -1.24. The van der Waals surface area contributed by atoms with E-state index in [1.807, 2.05) is 45.2 Å². The van der Waals surface area contributed by atoms with Crippen LogP contribution >= 0.6 is 35.3 Å². The summed E-state index contributed by atoms with van der Waals surface area (Å²) in [6.45, 7) is 2.64. The lowest BCUT2D eigenvalue weighted by molar-refractivity contribution is -0.140. The maximum atomic E-state index is 13.5. The molecule has 1 aromatic carbocycles. The Morgan fingerprint density at radius 3 is 2.42 bits per heavy atom. The van der Waals surface area contributed by atoms with Gasteiger partial charge in [-0.3, -0.25) is 28.6 Å². The van der Waals surface area contributed by atoms with Crippen molar-refractivity contribution in [2.24, 2.45) is 5.92 Å². The quantitative estimate of drug-likeness (QED) is 0.520. The summed E-state index contributed by atoms with van der Waals surface area (Å²) in [5.74, 6) is -3.20. The standard InChI is InChI=1S/C24H23N3O6S3/c1-12(2)15(9-14-8-13-6-4-5-7-16(13)25(14)3)19-21(32)26(10-17(28)29)23(35-19)20-22(33)27(11-18(30)31)24(34)36-20/h4-7,9,12H,8,10-11H2,1-3H3,(H,28,29)(H,30,31)/b14-9+,19-15+,23-20-. The van der Waals surface area contributed by atoms with Gasteiger partial charge in [0.15, 0.2) is 0 Å². The van der Waals surface area contributed by atoms with Crippen LogP contribution in [0.25, 0.3) is 10.5 Å². The molecule has 9 nitrogen and oxygen atoms in total. The number of carbonyl (C=O) groups is 3. The molecule has 36 heavy (non-hydrogen) atoms. The largest absolute Gasteiger partial charge is 0.480 e. The van der Waals surface area contributed by atoms with Crippen LogP contribution in [0.15, 0.2) is 40.8 Å². The fourth-order valence-corrected chi connectivity index (χ4v) is 6.83. The molecule has 3 heterocycles. The highest BCUT2D eigenvalue weighted by molar-refractivity contribution is 8.30. The lowest BCUT2D eigenvalue weighted by Crippen LogP contribution is -2.37. The van der Waals surface area contributed by atoms with Gasteiger partial charge in [0.05, 0.1) is 4.53 Å². The van der Waals surface area contributed by atoms with E-state index >= 15 is 0 Å². The summed E-state index contributed by atoms with van der Waals surface area (Å²) in [5, 5.41) is 18.6. The molecule has 2 aromatic rings. The number of thiazole rings is 1. The third-order valence-electron chi connectivity index (χ3n) is 5.88. The molecule has 1 fully saturated rings. The van der Waals surface area contributed by atoms with Crippen LogP contribution in [0, 0.1) is 5.92 Å². The van der Waals surface area contributed by atoms with E-state index in [0.717, 1.165) is 49.5 Å². The molecule has 2 N–H and O–H groups in total. The van der Waals surface area contributed by atoms with Gasteiger partial charge >= 0.3 is 11.9 Å². The number of fused-ring (bicyclic) bond motifs is 1. The van der Waals surface area contributed by atoms with E-state index in [4.69, 9.17) is 17.3 Å². The van der Waals surface area contributed by atoms with E-state index in [2.05, 4.69) is 11.0 Å². The molecule has 4 rings (SSSR count). The number of aliphatic carboxylic acids is 2. The number of thioether (sulfide) groups is 1. The fourth-order valence-electron chi connectivity index (χ4n) is 4.12. The number of likely N-dealkylation sites (N-methyl/N-ethyl adjacent to an activating group) is 1. The number of para-hydroxylation sites is 1. The molecule has 0 aliphatic carbocycles. The Bertz CT molecular complexity index is 1520. The molecule has 12 heteroatoms. The second kappa shape index (κ2) is 10.0.